The Morgan fingerprint density at radius 2 is 1.74 bits per heavy atom. The topological polar surface area (TPSA) is 26.3 Å². The normalized spacial score (nSPS) is 10.6. The maximum absolute atomic E-state index is 11.6. The maximum Gasteiger partial charge on any atom is 0.336 e. The lowest BCUT2D eigenvalue weighted by Crippen LogP contribution is -2.03. The lowest BCUT2D eigenvalue weighted by molar-refractivity contribution is -0.128. The van der Waals surface area contributed by atoms with Gasteiger partial charge < -0.3 is 4.74 Å². The van der Waals surface area contributed by atoms with Gasteiger partial charge in [-0.05, 0) is 29.3 Å². The van der Waals surface area contributed by atoms with Crippen LogP contribution in [0.1, 0.15) is 11.1 Å². The number of halogens is 1. The van der Waals surface area contributed by atoms with Gasteiger partial charge in [-0.25, -0.2) is 4.79 Å². The van der Waals surface area contributed by atoms with Gasteiger partial charge in [0.1, 0.15) is 5.75 Å². The van der Waals surface area contributed by atoms with E-state index in [4.69, 9.17) is 4.74 Å². The van der Waals surface area contributed by atoms with Gasteiger partial charge in [-0.3, -0.25) is 0 Å². The van der Waals surface area contributed by atoms with Gasteiger partial charge in [0.25, 0.3) is 0 Å². The lowest BCUT2D eigenvalue weighted by Gasteiger charge is -2.02. The third kappa shape index (κ3) is 4.38. The molecule has 0 atom stereocenters. The van der Waals surface area contributed by atoms with Crippen LogP contribution >= 0.6 is 15.9 Å². The highest BCUT2D eigenvalue weighted by atomic mass is 79.9. The van der Waals surface area contributed by atoms with Crippen LogP contribution in [-0.4, -0.2) is 5.97 Å². The summed E-state index contributed by atoms with van der Waals surface area (Å²) in [6, 6.07) is 17.0. The fraction of sp³-hybridized carbons (Fsp3) is 0.0625. The molecule has 0 radical (unpaired) electrons. The van der Waals surface area contributed by atoms with Gasteiger partial charge in [0.15, 0.2) is 0 Å². The fourth-order valence-corrected chi connectivity index (χ4v) is 1.90. The first-order valence-corrected chi connectivity index (χ1v) is 7.00. The average Bonchev–Trinajstić information content (AvgIpc) is 2.47. The van der Waals surface area contributed by atoms with E-state index in [1.165, 1.54) is 6.08 Å². The first-order chi connectivity index (χ1) is 9.28. The standard InChI is InChI=1S/C16H13BrO2/c17-12-14-6-9-15(10-7-14)19-16(18)11-8-13-4-2-1-3-5-13/h1-11H,12H2. The van der Waals surface area contributed by atoms with Gasteiger partial charge in [-0.2, -0.15) is 0 Å². The van der Waals surface area contributed by atoms with Gasteiger partial charge >= 0.3 is 5.97 Å². The largest absolute Gasteiger partial charge is 0.423 e. The summed E-state index contributed by atoms with van der Waals surface area (Å²) in [6.07, 6.45) is 3.16. The zero-order chi connectivity index (χ0) is 13.5. The number of esters is 1. The van der Waals surface area contributed by atoms with E-state index >= 15 is 0 Å². The van der Waals surface area contributed by atoms with E-state index in [0.29, 0.717) is 5.75 Å². The molecule has 0 unspecified atom stereocenters. The summed E-state index contributed by atoms with van der Waals surface area (Å²) >= 11 is 3.36. The van der Waals surface area contributed by atoms with Crippen LogP contribution in [0, 0.1) is 0 Å². The molecule has 19 heavy (non-hydrogen) atoms. The Balaban J connectivity index is 1.95. The molecule has 0 saturated carbocycles. The molecule has 0 N–H and O–H groups in total. The number of hydrogen-bond donors (Lipinski definition) is 0. The minimum absolute atomic E-state index is 0.379. The smallest absolute Gasteiger partial charge is 0.336 e. The molecule has 2 rings (SSSR count). The van der Waals surface area contributed by atoms with E-state index in [0.717, 1.165) is 16.5 Å². The van der Waals surface area contributed by atoms with Crippen LogP contribution in [0.2, 0.25) is 0 Å². The summed E-state index contributed by atoms with van der Waals surface area (Å²) in [5.74, 6) is 0.169. The number of benzene rings is 2. The van der Waals surface area contributed by atoms with Crippen molar-refractivity contribution in [3.8, 4) is 5.75 Å². The molecule has 2 aromatic carbocycles. The molecule has 0 spiro atoms. The molecule has 0 amide bonds. The minimum Gasteiger partial charge on any atom is -0.423 e. The van der Waals surface area contributed by atoms with Crippen molar-refractivity contribution in [3.63, 3.8) is 0 Å². The quantitative estimate of drug-likeness (QED) is 0.366. The van der Waals surface area contributed by atoms with E-state index in [-0.39, 0.29) is 5.97 Å². The molecular weight excluding hydrogens is 304 g/mol. The van der Waals surface area contributed by atoms with Crippen molar-refractivity contribution in [1.29, 1.82) is 0 Å². The van der Waals surface area contributed by atoms with Gasteiger partial charge in [-0.1, -0.05) is 58.4 Å². The first kappa shape index (κ1) is 13.6. The fourth-order valence-electron chi connectivity index (χ4n) is 1.53. The third-order valence-corrected chi connectivity index (χ3v) is 3.16. The van der Waals surface area contributed by atoms with Crippen LogP contribution < -0.4 is 4.74 Å². The Morgan fingerprint density at radius 3 is 2.37 bits per heavy atom. The highest BCUT2D eigenvalue weighted by Crippen LogP contribution is 2.14. The number of carbonyl (C=O) groups is 1. The number of alkyl halides is 1. The minimum atomic E-state index is -0.379. The molecule has 3 heteroatoms. The Hall–Kier alpha value is -1.87. The second-order valence-electron chi connectivity index (χ2n) is 3.94. The van der Waals surface area contributed by atoms with Crippen molar-refractivity contribution >= 4 is 28.0 Å². The molecule has 0 saturated heterocycles. The van der Waals surface area contributed by atoms with Crippen LogP contribution in [0.3, 0.4) is 0 Å². The second kappa shape index (κ2) is 6.90. The van der Waals surface area contributed by atoms with Crippen molar-refractivity contribution in [2.75, 3.05) is 0 Å². The van der Waals surface area contributed by atoms with Gasteiger partial charge in [0.2, 0.25) is 0 Å². The monoisotopic (exact) mass is 316 g/mol. The summed E-state index contributed by atoms with van der Waals surface area (Å²) in [5, 5.41) is 0.787. The molecule has 0 aliphatic rings. The van der Waals surface area contributed by atoms with E-state index in [2.05, 4.69) is 15.9 Å². The maximum atomic E-state index is 11.6. The Morgan fingerprint density at radius 1 is 1.05 bits per heavy atom. The SMILES string of the molecule is O=C(C=Cc1ccccc1)Oc1ccc(CBr)cc1. The number of carbonyl (C=O) groups excluding carboxylic acids is 1. The molecule has 0 fully saturated rings. The summed E-state index contributed by atoms with van der Waals surface area (Å²) < 4.78 is 5.19. The second-order valence-corrected chi connectivity index (χ2v) is 4.50. The average molecular weight is 317 g/mol. The van der Waals surface area contributed by atoms with Crippen LogP contribution in [0.15, 0.2) is 60.7 Å². The van der Waals surface area contributed by atoms with Crippen molar-refractivity contribution in [3.05, 3.63) is 71.8 Å². The summed E-state index contributed by atoms with van der Waals surface area (Å²) in [7, 11) is 0. The highest BCUT2D eigenvalue weighted by molar-refractivity contribution is 9.08. The molecular formula is C16H13BrO2. The number of hydrogen-bond acceptors (Lipinski definition) is 2. The third-order valence-electron chi connectivity index (χ3n) is 2.51. The predicted molar refractivity (Wildman–Crippen MR) is 80.2 cm³/mol. The Kier molecular flexibility index (Phi) is 4.93. The van der Waals surface area contributed by atoms with Crippen LogP contribution in [0.5, 0.6) is 5.75 Å². The van der Waals surface area contributed by atoms with Crippen molar-refractivity contribution in [1.82, 2.24) is 0 Å². The van der Waals surface area contributed by atoms with Crippen LogP contribution in [-0.2, 0) is 10.1 Å². The van der Waals surface area contributed by atoms with E-state index < -0.39 is 0 Å². The molecule has 96 valence electrons. The first-order valence-electron chi connectivity index (χ1n) is 5.88. The van der Waals surface area contributed by atoms with Crippen molar-refractivity contribution in [2.24, 2.45) is 0 Å². The van der Waals surface area contributed by atoms with Crippen molar-refractivity contribution in [2.45, 2.75) is 5.33 Å². The summed E-state index contributed by atoms with van der Waals surface area (Å²) in [5.41, 5.74) is 2.11. The van der Waals surface area contributed by atoms with Gasteiger partial charge in [-0.15, -0.1) is 0 Å². The van der Waals surface area contributed by atoms with Crippen LogP contribution in [0.25, 0.3) is 6.08 Å². The van der Waals surface area contributed by atoms with E-state index in [1.54, 1.807) is 18.2 Å². The van der Waals surface area contributed by atoms with Gasteiger partial charge in [0.05, 0.1) is 0 Å². The molecule has 2 aromatic rings. The summed E-state index contributed by atoms with van der Waals surface area (Å²) in [4.78, 5) is 11.6. The molecule has 0 aromatic heterocycles. The molecule has 0 aliphatic carbocycles. The number of rotatable bonds is 4. The zero-order valence-electron chi connectivity index (χ0n) is 10.3. The molecule has 0 aliphatic heterocycles. The Bertz CT molecular complexity index is 559. The summed E-state index contributed by atoms with van der Waals surface area (Å²) in [6.45, 7) is 0. The van der Waals surface area contributed by atoms with Crippen LogP contribution in [0.4, 0.5) is 0 Å². The highest BCUT2D eigenvalue weighted by Gasteiger charge is 2.00. The lowest BCUT2D eigenvalue weighted by atomic mass is 10.2. The van der Waals surface area contributed by atoms with E-state index in [1.807, 2.05) is 42.5 Å². The molecule has 0 bridgehead atoms. The molecule has 2 nitrogen and oxygen atoms in total. The predicted octanol–water partition coefficient (Wildman–Crippen LogP) is 4.20. The van der Waals surface area contributed by atoms with E-state index in [9.17, 15) is 4.79 Å². The number of ether oxygens (including phenoxy) is 1. The van der Waals surface area contributed by atoms with Crippen molar-refractivity contribution < 1.29 is 9.53 Å². The molecule has 0 heterocycles. The van der Waals surface area contributed by atoms with Gasteiger partial charge in [0, 0.05) is 11.4 Å². The Labute approximate surface area is 120 Å². The zero-order valence-corrected chi connectivity index (χ0v) is 11.8.